The molecule has 1 aromatic rings. The second-order valence-corrected chi connectivity index (χ2v) is 6.85. The molecule has 0 amide bonds. The third-order valence-corrected chi connectivity index (χ3v) is 5.52. The van der Waals surface area contributed by atoms with Gasteiger partial charge in [-0.15, -0.1) is 0 Å². The van der Waals surface area contributed by atoms with Crippen molar-refractivity contribution in [3.8, 4) is 0 Å². The Hall–Kier alpha value is -0.820. The van der Waals surface area contributed by atoms with Crippen LogP contribution in [0.2, 0.25) is 0 Å². The highest BCUT2D eigenvalue weighted by molar-refractivity contribution is 5.27. The van der Waals surface area contributed by atoms with Gasteiger partial charge in [-0.3, -0.25) is 0 Å². The van der Waals surface area contributed by atoms with Gasteiger partial charge in [0, 0.05) is 12.5 Å². The molecule has 3 atom stereocenters. The maximum Gasteiger partial charge on any atom is 0.00255 e. The second kappa shape index (κ2) is 6.76. The zero-order valence-electron chi connectivity index (χ0n) is 13.7. The molecule has 1 nitrogen and oxygen atoms in total. The molecule has 0 spiro atoms. The summed E-state index contributed by atoms with van der Waals surface area (Å²) >= 11 is 0. The molecule has 20 heavy (non-hydrogen) atoms. The lowest BCUT2D eigenvalue weighted by atomic mass is 9.62. The minimum Gasteiger partial charge on any atom is -0.316 e. The summed E-state index contributed by atoms with van der Waals surface area (Å²) in [6.07, 6.45) is 5.31. The molecular formula is C19H31N. The Balaban J connectivity index is 2.28. The molecule has 1 aromatic carbocycles. The van der Waals surface area contributed by atoms with Crippen LogP contribution in [0.5, 0.6) is 0 Å². The molecule has 2 rings (SSSR count). The van der Waals surface area contributed by atoms with Gasteiger partial charge in [-0.25, -0.2) is 0 Å². The minimum atomic E-state index is 0.496. The Labute approximate surface area is 125 Å². The minimum absolute atomic E-state index is 0.496. The topological polar surface area (TPSA) is 12.0 Å². The van der Waals surface area contributed by atoms with Gasteiger partial charge in [0.2, 0.25) is 0 Å². The first-order valence-electron chi connectivity index (χ1n) is 8.38. The lowest BCUT2D eigenvalue weighted by Crippen LogP contribution is -2.44. The van der Waals surface area contributed by atoms with E-state index in [4.69, 9.17) is 0 Å². The van der Waals surface area contributed by atoms with Crippen molar-refractivity contribution in [1.82, 2.24) is 5.32 Å². The third-order valence-electron chi connectivity index (χ3n) is 5.52. The fourth-order valence-electron chi connectivity index (χ4n) is 3.89. The normalized spacial score (nSPS) is 28.3. The molecule has 0 saturated carbocycles. The van der Waals surface area contributed by atoms with Crippen LogP contribution in [0.15, 0.2) is 24.3 Å². The van der Waals surface area contributed by atoms with Crippen molar-refractivity contribution < 1.29 is 0 Å². The van der Waals surface area contributed by atoms with Gasteiger partial charge in [-0.1, -0.05) is 57.0 Å². The highest BCUT2D eigenvalue weighted by Crippen LogP contribution is 2.48. The number of rotatable bonds is 5. The van der Waals surface area contributed by atoms with Crippen LogP contribution in [0.1, 0.15) is 63.5 Å². The van der Waals surface area contributed by atoms with E-state index in [1.165, 1.54) is 43.4 Å². The van der Waals surface area contributed by atoms with Crippen LogP contribution >= 0.6 is 0 Å². The molecule has 3 unspecified atom stereocenters. The predicted octanol–water partition coefficient (Wildman–Crippen LogP) is 4.90. The molecule has 1 fully saturated rings. The largest absolute Gasteiger partial charge is 0.316 e. The summed E-state index contributed by atoms with van der Waals surface area (Å²) in [5, 5.41) is 3.63. The molecule has 112 valence electrons. The fraction of sp³-hybridized carbons (Fsp3) is 0.684. The highest BCUT2D eigenvalue weighted by atomic mass is 14.9. The first-order chi connectivity index (χ1) is 9.61. The molecule has 0 radical (unpaired) electrons. The van der Waals surface area contributed by atoms with Crippen molar-refractivity contribution in [1.29, 1.82) is 0 Å². The van der Waals surface area contributed by atoms with Crippen LogP contribution in [0, 0.1) is 18.3 Å². The summed E-state index contributed by atoms with van der Waals surface area (Å²) in [6, 6.07) is 9.25. The van der Waals surface area contributed by atoms with Crippen molar-refractivity contribution >= 4 is 0 Å². The van der Waals surface area contributed by atoms with E-state index in [2.05, 4.69) is 57.3 Å². The highest BCUT2D eigenvalue weighted by Gasteiger charge is 2.40. The molecule has 0 bridgehead atoms. The van der Waals surface area contributed by atoms with E-state index in [1.54, 1.807) is 0 Å². The predicted molar refractivity (Wildman–Crippen MR) is 88.2 cm³/mol. The number of piperidine rings is 1. The number of aryl methyl sites for hydroxylation is 1. The molecule has 1 heterocycles. The standard InChI is InChI=1S/C19H31N/c1-5-15(3)13-19(6-2)11-12-20-14-18(19)17-9-7-16(4)8-10-17/h7-10,15,18,20H,5-6,11-14H2,1-4H3. The van der Waals surface area contributed by atoms with Gasteiger partial charge < -0.3 is 5.32 Å². The summed E-state index contributed by atoms with van der Waals surface area (Å²) in [7, 11) is 0. The lowest BCUT2D eigenvalue weighted by Gasteiger charge is -2.46. The van der Waals surface area contributed by atoms with Crippen molar-refractivity contribution in [3.63, 3.8) is 0 Å². The molecule has 1 aliphatic rings. The molecule has 1 N–H and O–H groups in total. The average molecular weight is 273 g/mol. The molecule has 0 aromatic heterocycles. The van der Waals surface area contributed by atoms with Gasteiger partial charge in [0.15, 0.2) is 0 Å². The van der Waals surface area contributed by atoms with E-state index in [0.717, 1.165) is 12.5 Å². The van der Waals surface area contributed by atoms with Crippen LogP contribution in [-0.4, -0.2) is 13.1 Å². The molecule has 0 aliphatic carbocycles. The number of hydrogen-bond donors (Lipinski definition) is 1. The van der Waals surface area contributed by atoms with E-state index in [9.17, 15) is 0 Å². The van der Waals surface area contributed by atoms with Crippen LogP contribution in [0.4, 0.5) is 0 Å². The SMILES string of the molecule is CCC(C)CC1(CC)CCNCC1c1ccc(C)cc1. The number of benzene rings is 1. The van der Waals surface area contributed by atoms with Crippen LogP contribution < -0.4 is 5.32 Å². The lowest BCUT2D eigenvalue weighted by molar-refractivity contribution is 0.116. The Kier molecular flexibility index (Phi) is 5.26. The van der Waals surface area contributed by atoms with E-state index in [1.807, 2.05) is 0 Å². The third kappa shape index (κ3) is 3.25. The van der Waals surface area contributed by atoms with Gasteiger partial charge in [0.25, 0.3) is 0 Å². The molecular weight excluding hydrogens is 242 g/mol. The van der Waals surface area contributed by atoms with Gasteiger partial charge >= 0.3 is 0 Å². The zero-order chi connectivity index (χ0) is 14.6. The summed E-state index contributed by atoms with van der Waals surface area (Å²) in [6.45, 7) is 11.7. The van der Waals surface area contributed by atoms with Gasteiger partial charge in [0.1, 0.15) is 0 Å². The summed E-state index contributed by atoms with van der Waals surface area (Å²) in [4.78, 5) is 0. The van der Waals surface area contributed by atoms with E-state index < -0.39 is 0 Å². The van der Waals surface area contributed by atoms with Crippen molar-refractivity contribution in [2.75, 3.05) is 13.1 Å². The van der Waals surface area contributed by atoms with Crippen molar-refractivity contribution in [2.24, 2.45) is 11.3 Å². The summed E-state index contributed by atoms with van der Waals surface area (Å²) in [5.41, 5.74) is 3.39. The van der Waals surface area contributed by atoms with Gasteiger partial charge in [0.05, 0.1) is 0 Å². The molecule has 1 aliphatic heterocycles. The van der Waals surface area contributed by atoms with Crippen molar-refractivity contribution in [3.05, 3.63) is 35.4 Å². The summed E-state index contributed by atoms with van der Waals surface area (Å²) in [5.74, 6) is 1.51. The fourth-order valence-corrected chi connectivity index (χ4v) is 3.89. The Morgan fingerprint density at radius 2 is 1.95 bits per heavy atom. The van der Waals surface area contributed by atoms with Crippen molar-refractivity contribution in [2.45, 2.75) is 59.3 Å². The van der Waals surface area contributed by atoms with E-state index >= 15 is 0 Å². The average Bonchev–Trinajstić information content (AvgIpc) is 2.48. The van der Waals surface area contributed by atoms with E-state index in [0.29, 0.717) is 11.3 Å². The first kappa shape index (κ1) is 15.6. The molecule has 1 heteroatoms. The Morgan fingerprint density at radius 1 is 1.25 bits per heavy atom. The Morgan fingerprint density at radius 3 is 2.55 bits per heavy atom. The molecule has 1 saturated heterocycles. The van der Waals surface area contributed by atoms with Crippen LogP contribution in [0.3, 0.4) is 0 Å². The Bertz CT molecular complexity index is 408. The number of hydrogen-bond acceptors (Lipinski definition) is 1. The monoisotopic (exact) mass is 273 g/mol. The van der Waals surface area contributed by atoms with Crippen LogP contribution in [-0.2, 0) is 0 Å². The second-order valence-electron chi connectivity index (χ2n) is 6.85. The van der Waals surface area contributed by atoms with Gasteiger partial charge in [-0.05, 0) is 49.6 Å². The summed E-state index contributed by atoms with van der Waals surface area (Å²) < 4.78 is 0. The smallest absolute Gasteiger partial charge is 0.00255 e. The van der Waals surface area contributed by atoms with E-state index in [-0.39, 0.29) is 0 Å². The van der Waals surface area contributed by atoms with Crippen LogP contribution in [0.25, 0.3) is 0 Å². The van der Waals surface area contributed by atoms with Gasteiger partial charge in [-0.2, -0.15) is 0 Å². The first-order valence-corrected chi connectivity index (χ1v) is 8.38. The number of nitrogens with one attached hydrogen (secondary N) is 1. The quantitative estimate of drug-likeness (QED) is 0.804. The zero-order valence-corrected chi connectivity index (χ0v) is 13.7. The maximum absolute atomic E-state index is 3.63. The maximum atomic E-state index is 3.63.